The van der Waals surface area contributed by atoms with E-state index in [1.54, 1.807) is 45.0 Å². The zero-order valence-electron chi connectivity index (χ0n) is 26.8. The third-order valence-electron chi connectivity index (χ3n) is 11.2. The highest BCUT2D eigenvalue weighted by molar-refractivity contribution is 6.31. The van der Waals surface area contributed by atoms with Crippen LogP contribution in [0.15, 0.2) is 48.6 Å². The lowest BCUT2D eigenvalue weighted by atomic mass is 9.88. The monoisotopic (exact) mass is 677 g/mol. The van der Waals surface area contributed by atoms with Gasteiger partial charge in [0.2, 0.25) is 23.6 Å². The minimum atomic E-state index is -1.31. The Morgan fingerprint density at radius 3 is 2.42 bits per heavy atom. The van der Waals surface area contributed by atoms with Gasteiger partial charge in [0, 0.05) is 37.4 Å². The lowest BCUT2D eigenvalue weighted by Gasteiger charge is -2.45. The van der Waals surface area contributed by atoms with Gasteiger partial charge in [0.25, 0.3) is 5.91 Å². The fraction of sp³-hybridized carbons (Fsp3) is 0.543. The first-order valence-corrected chi connectivity index (χ1v) is 17.3. The molecular weight excluding hydrogens is 638 g/mol. The summed E-state index contributed by atoms with van der Waals surface area (Å²) in [4.78, 5) is 87.7. The van der Waals surface area contributed by atoms with Crippen molar-refractivity contribution in [2.24, 2.45) is 5.92 Å². The van der Waals surface area contributed by atoms with Gasteiger partial charge in [-0.15, -0.1) is 0 Å². The van der Waals surface area contributed by atoms with E-state index >= 15 is 0 Å². The third-order valence-corrected chi connectivity index (χ3v) is 11.6. The number of rotatable bonds is 6. The zero-order valence-corrected chi connectivity index (χ0v) is 27.6. The number of nitrogens with zero attached hydrogens (tertiary/aromatic N) is 4. The highest BCUT2D eigenvalue weighted by atomic mass is 35.5. The van der Waals surface area contributed by atoms with Gasteiger partial charge in [-0.3, -0.25) is 24.0 Å². The lowest BCUT2D eigenvalue weighted by molar-refractivity contribution is -0.158. The summed E-state index contributed by atoms with van der Waals surface area (Å²) in [6.07, 6.45) is 11.2. The first-order valence-electron chi connectivity index (χ1n) is 16.9. The zero-order chi connectivity index (χ0) is 33.9. The number of likely N-dealkylation sites (tertiary alicyclic amines) is 2. The molecule has 0 unspecified atom stereocenters. The predicted octanol–water partition coefficient (Wildman–Crippen LogP) is 1.91. The standard InChI is InChI=1S/C35H40ClN5O7/c1-20(42)37-26(19-22-5-2-3-6-25(22)36)30(43)39-17-4-15-35(39)16-13-24-9-11-27(41(24)34(35)48)31(44)38-18-14-21-7-8-23-10-12-28(33(46)47)40(23)32(45)29(21)38/h2-3,5-8,13,16,21,23-24,26-29H,4,9-12,14-15,17-19H2,1H3,(H,37,42)(H,46,47)/t21-,23-,24-,26-,27-,28+,29-,35+/m0/s1. The Hall–Kier alpha value is -4.19. The largest absolute Gasteiger partial charge is 0.480 e. The maximum atomic E-state index is 14.7. The average molecular weight is 678 g/mol. The van der Waals surface area contributed by atoms with E-state index in [4.69, 9.17) is 11.6 Å². The molecule has 0 saturated carbocycles. The van der Waals surface area contributed by atoms with Crippen LogP contribution in [0.4, 0.5) is 0 Å². The second kappa shape index (κ2) is 12.4. The smallest absolute Gasteiger partial charge is 0.326 e. The molecule has 12 nitrogen and oxygen atoms in total. The van der Waals surface area contributed by atoms with Crippen LogP contribution in [-0.2, 0) is 35.2 Å². The van der Waals surface area contributed by atoms with Crippen molar-refractivity contribution in [1.29, 1.82) is 0 Å². The fourth-order valence-electron chi connectivity index (χ4n) is 8.97. The normalized spacial score (nSPS) is 32.7. The van der Waals surface area contributed by atoms with E-state index in [1.807, 2.05) is 18.2 Å². The number of benzene rings is 1. The number of aliphatic carboxylic acids is 1. The van der Waals surface area contributed by atoms with E-state index in [0.717, 1.165) is 0 Å². The SMILES string of the molecule is CC(=O)N[C@@H](Cc1ccccc1Cl)C(=O)N1CCC[C@]12C=C[C@@H]1CC[C@@H](C(=O)N3CC[C@@H]4C=C[C@H]5CC[C@H](C(=O)O)N5C(=O)[C@H]43)N1C2=O. The van der Waals surface area contributed by atoms with Gasteiger partial charge < -0.3 is 30.0 Å². The highest BCUT2D eigenvalue weighted by Crippen LogP contribution is 2.43. The van der Waals surface area contributed by atoms with Gasteiger partial charge in [-0.1, -0.05) is 54.1 Å². The van der Waals surface area contributed by atoms with Crippen molar-refractivity contribution >= 4 is 47.1 Å². The van der Waals surface area contributed by atoms with E-state index in [1.165, 1.54) is 11.8 Å². The molecule has 8 atom stereocenters. The Bertz CT molecular complexity index is 1630. The molecule has 13 heteroatoms. The summed E-state index contributed by atoms with van der Waals surface area (Å²) < 4.78 is 0. The fourth-order valence-corrected chi connectivity index (χ4v) is 9.18. The number of hydrogen-bond donors (Lipinski definition) is 2. The summed E-state index contributed by atoms with van der Waals surface area (Å²) in [7, 11) is 0. The maximum absolute atomic E-state index is 14.7. The van der Waals surface area contributed by atoms with Gasteiger partial charge in [0.05, 0.1) is 12.1 Å². The molecule has 4 fully saturated rings. The number of carbonyl (C=O) groups excluding carboxylic acids is 5. The summed E-state index contributed by atoms with van der Waals surface area (Å²) in [6, 6.07) is 2.94. The number of hydrogen-bond acceptors (Lipinski definition) is 6. The van der Waals surface area contributed by atoms with Crippen molar-refractivity contribution in [3.05, 3.63) is 59.2 Å². The van der Waals surface area contributed by atoms with Crippen LogP contribution in [0.25, 0.3) is 0 Å². The Kier molecular flexibility index (Phi) is 8.33. The number of nitrogens with one attached hydrogen (secondary N) is 1. The number of carboxylic acids is 1. The highest BCUT2D eigenvalue weighted by Gasteiger charge is 2.58. The van der Waals surface area contributed by atoms with Crippen LogP contribution in [0, 0.1) is 5.92 Å². The summed E-state index contributed by atoms with van der Waals surface area (Å²) >= 11 is 6.40. The summed E-state index contributed by atoms with van der Waals surface area (Å²) in [5.41, 5.74) is -0.614. The average Bonchev–Trinajstić information content (AvgIpc) is 3.85. The molecule has 7 rings (SSSR count). The van der Waals surface area contributed by atoms with E-state index in [0.29, 0.717) is 68.6 Å². The molecule has 1 aromatic carbocycles. The summed E-state index contributed by atoms with van der Waals surface area (Å²) in [5, 5.41) is 13.1. The predicted molar refractivity (Wildman–Crippen MR) is 173 cm³/mol. The molecule has 6 aliphatic rings. The van der Waals surface area contributed by atoms with Gasteiger partial charge in [0.1, 0.15) is 29.7 Å². The van der Waals surface area contributed by atoms with Crippen LogP contribution < -0.4 is 5.32 Å². The first-order chi connectivity index (χ1) is 23.0. The van der Waals surface area contributed by atoms with Crippen molar-refractivity contribution < 1.29 is 33.9 Å². The van der Waals surface area contributed by atoms with Crippen molar-refractivity contribution in [2.75, 3.05) is 13.1 Å². The second-order valence-corrected chi connectivity index (χ2v) is 14.3. The quantitative estimate of drug-likeness (QED) is 0.437. The van der Waals surface area contributed by atoms with Crippen molar-refractivity contribution in [1.82, 2.24) is 24.9 Å². The molecule has 1 aromatic rings. The maximum Gasteiger partial charge on any atom is 0.326 e. The molecule has 254 valence electrons. The van der Waals surface area contributed by atoms with Gasteiger partial charge in [-0.05, 0) is 56.6 Å². The number of amides is 5. The van der Waals surface area contributed by atoms with Crippen LogP contribution >= 0.6 is 11.6 Å². The minimum Gasteiger partial charge on any atom is -0.480 e. The van der Waals surface area contributed by atoms with Gasteiger partial charge in [-0.2, -0.15) is 0 Å². The van der Waals surface area contributed by atoms with Crippen molar-refractivity contribution in [3.8, 4) is 0 Å². The van der Waals surface area contributed by atoms with E-state index < -0.39 is 41.6 Å². The van der Waals surface area contributed by atoms with Crippen molar-refractivity contribution in [2.45, 2.75) is 100 Å². The molecule has 6 aliphatic heterocycles. The Labute approximate surface area is 283 Å². The van der Waals surface area contributed by atoms with Crippen molar-refractivity contribution in [3.63, 3.8) is 0 Å². The second-order valence-electron chi connectivity index (χ2n) is 13.9. The molecule has 6 heterocycles. The topological polar surface area (TPSA) is 148 Å². The van der Waals surface area contributed by atoms with Crippen LogP contribution in [0.2, 0.25) is 5.02 Å². The molecule has 0 aliphatic carbocycles. The molecule has 1 spiro atoms. The summed E-state index contributed by atoms with van der Waals surface area (Å²) in [5.74, 6) is -3.05. The third kappa shape index (κ3) is 5.19. The Balaban J connectivity index is 1.14. The molecule has 5 amide bonds. The van der Waals surface area contributed by atoms with Gasteiger partial charge >= 0.3 is 5.97 Å². The molecule has 4 saturated heterocycles. The number of carboxylic acid groups (broad SMARTS) is 1. The molecule has 0 aromatic heterocycles. The van der Waals surface area contributed by atoms with Crippen LogP contribution in [-0.4, -0.2) is 115 Å². The first kappa shape index (κ1) is 32.4. The van der Waals surface area contributed by atoms with E-state index in [2.05, 4.69) is 5.32 Å². The van der Waals surface area contributed by atoms with Crippen LogP contribution in [0.3, 0.4) is 0 Å². The summed E-state index contributed by atoms with van der Waals surface area (Å²) in [6.45, 7) is 1.98. The lowest BCUT2D eigenvalue weighted by Crippen LogP contribution is -2.65. The van der Waals surface area contributed by atoms with Crippen LogP contribution in [0.1, 0.15) is 57.4 Å². The Morgan fingerprint density at radius 1 is 0.958 bits per heavy atom. The van der Waals surface area contributed by atoms with Gasteiger partial charge in [-0.25, -0.2) is 4.79 Å². The Morgan fingerprint density at radius 2 is 1.69 bits per heavy atom. The molecule has 48 heavy (non-hydrogen) atoms. The van der Waals surface area contributed by atoms with E-state index in [-0.39, 0.29) is 48.1 Å². The molecule has 0 bridgehead atoms. The van der Waals surface area contributed by atoms with Crippen LogP contribution in [0.5, 0.6) is 0 Å². The van der Waals surface area contributed by atoms with Gasteiger partial charge in [0.15, 0.2) is 0 Å². The number of carbonyl (C=O) groups is 6. The molecular formula is C35H40ClN5O7. The molecule has 2 N–H and O–H groups in total. The minimum absolute atomic E-state index is 0.149. The molecule has 0 radical (unpaired) electrons. The number of fused-ring (bicyclic) bond motifs is 3. The van der Waals surface area contributed by atoms with E-state index in [9.17, 15) is 33.9 Å². The number of halogens is 1.